The van der Waals surface area contributed by atoms with Crippen molar-refractivity contribution in [2.24, 2.45) is 10.2 Å². The second-order valence-corrected chi connectivity index (χ2v) is 4.28. The van der Waals surface area contributed by atoms with Gasteiger partial charge in [0.15, 0.2) is 0 Å². The van der Waals surface area contributed by atoms with E-state index in [-0.39, 0.29) is 10.2 Å². The molecular formula is C10H8BrClN4O3. The summed E-state index contributed by atoms with van der Waals surface area (Å²) in [5, 5.41) is 18.1. The molecule has 0 radical (unpaired) electrons. The van der Waals surface area contributed by atoms with Gasteiger partial charge in [0.1, 0.15) is 4.48 Å². The number of halogens is 2. The Morgan fingerprint density at radius 3 is 2.47 bits per heavy atom. The van der Waals surface area contributed by atoms with Gasteiger partial charge in [-0.25, -0.2) is 0 Å². The van der Waals surface area contributed by atoms with E-state index < -0.39 is 10.8 Å². The number of nitrogens with zero attached hydrogens (tertiary/aromatic N) is 3. The van der Waals surface area contributed by atoms with Crippen molar-refractivity contribution in [3.63, 3.8) is 0 Å². The van der Waals surface area contributed by atoms with E-state index in [1.807, 2.05) is 4.84 Å². The van der Waals surface area contributed by atoms with E-state index in [2.05, 4.69) is 26.2 Å². The van der Waals surface area contributed by atoms with Crippen molar-refractivity contribution in [3.8, 4) is 0 Å². The van der Waals surface area contributed by atoms with Crippen LogP contribution >= 0.6 is 27.7 Å². The average molecular weight is 348 g/mol. The molecule has 1 rings (SSSR count). The fourth-order valence-corrected chi connectivity index (χ4v) is 1.41. The molecule has 9 heteroatoms. The number of carbonyl (C=O) groups is 1. The number of non-ortho nitro benzene ring substituents is 1. The van der Waals surface area contributed by atoms with Gasteiger partial charge < -0.3 is 0 Å². The second-order valence-electron chi connectivity index (χ2n) is 3.30. The highest BCUT2D eigenvalue weighted by molar-refractivity contribution is 9.12. The van der Waals surface area contributed by atoms with Crippen LogP contribution in [0.4, 0.5) is 11.4 Å². The number of nitro benzene ring substituents is 1. The lowest BCUT2D eigenvalue weighted by Gasteiger charge is -1.97. The molecule has 0 aliphatic carbocycles. The van der Waals surface area contributed by atoms with Gasteiger partial charge in [-0.2, -0.15) is 10.2 Å². The Kier molecular flexibility index (Phi) is 5.58. The van der Waals surface area contributed by atoms with Crippen LogP contribution in [-0.4, -0.2) is 10.8 Å². The summed E-state index contributed by atoms with van der Waals surface area (Å²) in [5.74, 6) is -0.540. The predicted molar refractivity (Wildman–Crippen MR) is 73.2 cm³/mol. The van der Waals surface area contributed by atoms with Crippen molar-refractivity contribution in [2.45, 2.75) is 6.92 Å². The van der Waals surface area contributed by atoms with Crippen molar-refractivity contribution in [1.82, 2.24) is 4.84 Å². The number of amides is 1. The second kappa shape index (κ2) is 6.95. The number of rotatable bonds is 4. The molecule has 1 aromatic carbocycles. The first-order valence-corrected chi connectivity index (χ1v) is 6.06. The molecule has 1 aromatic rings. The smallest absolute Gasteiger partial charge is 0.267 e. The van der Waals surface area contributed by atoms with Crippen LogP contribution in [-0.2, 0) is 4.79 Å². The van der Waals surface area contributed by atoms with Gasteiger partial charge in [0.25, 0.3) is 11.6 Å². The maximum absolute atomic E-state index is 11.2. The molecule has 0 aliphatic heterocycles. The number of nitrogens with one attached hydrogen (secondary N) is 1. The Morgan fingerprint density at radius 1 is 1.42 bits per heavy atom. The van der Waals surface area contributed by atoms with E-state index >= 15 is 0 Å². The van der Waals surface area contributed by atoms with Crippen LogP contribution in [0.1, 0.15) is 6.92 Å². The molecule has 0 saturated carbocycles. The largest absolute Gasteiger partial charge is 0.274 e. The van der Waals surface area contributed by atoms with E-state index in [4.69, 9.17) is 11.8 Å². The van der Waals surface area contributed by atoms with Crippen LogP contribution in [0.25, 0.3) is 0 Å². The van der Waals surface area contributed by atoms with E-state index in [1.54, 1.807) is 6.92 Å². The molecule has 0 saturated heterocycles. The van der Waals surface area contributed by atoms with Gasteiger partial charge in [-0.3, -0.25) is 19.7 Å². The minimum Gasteiger partial charge on any atom is -0.267 e. The van der Waals surface area contributed by atoms with Gasteiger partial charge in [-0.15, -0.1) is 0 Å². The standard InChI is InChI=1S/C10H8BrClN4O3/c1-6(9(11)10(17)13-12)14-15-7-2-4-8(5-3-7)16(18)19/h2-5H,1H3,(H,13,17)/b9-6+,15-14?. The van der Waals surface area contributed by atoms with Gasteiger partial charge in [0.05, 0.1) is 16.3 Å². The first kappa shape index (κ1) is 15.3. The van der Waals surface area contributed by atoms with Crippen LogP contribution in [0.3, 0.4) is 0 Å². The third kappa shape index (κ3) is 4.42. The van der Waals surface area contributed by atoms with E-state index in [1.165, 1.54) is 24.3 Å². The zero-order valence-corrected chi connectivity index (χ0v) is 12.0. The Morgan fingerprint density at radius 2 is 2.00 bits per heavy atom. The quantitative estimate of drug-likeness (QED) is 0.296. The van der Waals surface area contributed by atoms with Crippen LogP contribution in [0.15, 0.2) is 44.7 Å². The summed E-state index contributed by atoms with van der Waals surface area (Å²) in [6.45, 7) is 1.56. The lowest BCUT2D eigenvalue weighted by Crippen LogP contribution is -2.12. The highest BCUT2D eigenvalue weighted by atomic mass is 79.9. The summed E-state index contributed by atoms with van der Waals surface area (Å²) in [6, 6.07) is 5.52. The van der Waals surface area contributed by atoms with E-state index in [9.17, 15) is 14.9 Å². The van der Waals surface area contributed by atoms with Crippen molar-refractivity contribution in [1.29, 1.82) is 0 Å². The van der Waals surface area contributed by atoms with Crippen molar-refractivity contribution in [2.75, 3.05) is 0 Å². The number of allylic oxidation sites excluding steroid dienone is 1. The first-order chi connectivity index (χ1) is 8.95. The van der Waals surface area contributed by atoms with E-state index in [0.29, 0.717) is 11.4 Å². The molecule has 100 valence electrons. The van der Waals surface area contributed by atoms with Crippen LogP contribution in [0.5, 0.6) is 0 Å². The summed E-state index contributed by atoms with van der Waals surface area (Å²) in [5.41, 5.74) is 0.710. The third-order valence-corrected chi connectivity index (χ3v) is 3.08. The summed E-state index contributed by atoms with van der Waals surface area (Å²) in [6.07, 6.45) is 0. The Hall–Kier alpha value is -1.80. The molecule has 0 aliphatic rings. The van der Waals surface area contributed by atoms with Gasteiger partial charge in [-0.1, -0.05) is 0 Å². The first-order valence-electron chi connectivity index (χ1n) is 4.89. The molecule has 0 unspecified atom stereocenters. The number of azo groups is 1. The number of nitro groups is 1. The molecule has 7 nitrogen and oxygen atoms in total. The zero-order valence-electron chi connectivity index (χ0n) is 9.63. The molecule has 19 heavy (non-hydrogen) atoms. The Balaban J connectivity index is 2.87. The normalized spacial score (nSPS) is 12.2. The third-order valence-electron chi connectivity index (χ3n) is 1.98. The summed E-state index contributed by atoms with van der Waals surface area (Å²) < 4.78 is 0.146. The van der Waals surface area contributed by atoms with Crippen molar-refractivity contribution < 1.29 is 9.72 Å². The molecule has 0 fully saturated rings. The molecule has 0 aromatic heterocycles. The summed E-state index contributed by atoms with van der Waals surface area (Å²) in [7, 11) is 0. The Bertz CT molecular complexity index is 556. The van der Waals surface area contributed by atoms with E-state index in [0.717, 1.165) is 0 Å². The lowest BCUT2D eigenvalue weighted by molar-refractivity contribution is -0.384. The molecule has 1 amide bonds. The highest BCUT2D eigenvalue weighted by Gasteiger charge is 2.08. The number of hydrogen-bond donors (Lipinski definition) is 1. The average Bonchev–Trinajstić information content (AvgIpc) is 2.43. The monoisotopic (exact) mass is 346 g/mol. The van der Waals surface area contributed by atoms with Crippen molar-refractivity contribution in [3.05, 3.63) is 44.6 Å². The van der Waals surface area contributed by atoms with Crippen LogP contribution < -0.4 is 4.84 Å². The summed E-state index contributed by atoms with van der Waals surface area (Å²) >= 11 is 8.17. The maximum Gasteiger partial charge on any atom is 0.274 e. The van der Waals surface area contributed by atoms with Gasteiger partial charge in [0, 0.05) is 23.9 Å². The number of carbonyl (C=O) groups excluding carboxylic acids is 1. The molecule has 0 bridgehead atoms. The molecule has 0 heterocycles. The van der Waals surface area contributed by atoms with Crippen LogP contribution in [0, 0.1) is 10.1 Å². The predicted octanol–water partition coefficient (Wildman–Crippen LogP) is 3.57. The van der Waals surface area contributed by atoms with Gasteiger partial charge in [0.2, 0.25) is 0 Å². The van der Waals surface area contributed by atoms with Gasteiger partial charge in [-0.05, 0) is 35.0 Å². The maximum atomic E-state index is 11.2. The fourth-order valence-electron chi connectivity index (χ4n) is 1.02. The fraction of sp³-hybridized carbons (Fsp3) is 0.100. The lowest BCUT2D eigenvalue weighted by atomic mass is 10.3. The minimum absolute atomic E-state index is 0.0334. The van der Waals surface area contributed by atoms with Gasteiger partial charge >= 0.3 is 0 Å². The SMILES string of the molecule is C/C(N=Nc1ccc([N+](=O)[O-])cc1)=C(\Br)C(=O)NCl. The molecular weight excluding hydrogens is 339 g/mol. The Labute approximate surface area is 121 Å². The molecule has 1 N–H and O–H groups in total. The molecule has 0 atom stereocenters. The minimum atomic E-state index is -0.540. The van der Waals surface area contributed by atoms with Crippen LogP contribution in [0.2, 0.25) is 0 Å². The zero-order chi connectivity index (χ0) is 14.4. The highest BCUT2D eigenvalue weighted by Crippen LogP contribution is 2.20. The summed E-state index contributed by atoms with van der Waals surface area (Å²) in [4.78, 5) is 23.0. The molecule has 0 spiro atoms. The number of benzene rings is 1. The topological polar surface area (TPSA) is 97.0 Å². The van der Waals surface area contributed by atoms with Crippen molar-refractivity contribution >= 4 is 45.0 Å². The number of hydrogen-bond acceptors (Lipinski definition) is 5.